The van der Waals surface area contributed by atoms with Gasteiger partial charge in [-0.05, 0) is 39.0 Å². The monoisotopic (exact) mass is 442 g/mol. The van der Waals surface area contributed by atoms with E-state index in [0.29, 0.717) is 17.6 Å². The highest BCUT2D eigenvalue weighted by molar-refractivity contribution is 8.00. The highest BCUT2D eigenvalue weighted by Crippen LogP contribution is 2.25. The molecule has 1 atom stereocenters. The van der Waals surface area contributed by atoms with Gasteiger partial charge in [-0.2, -0.15) is 5.10 Å². The zero-order chi connectivity index (χ0) is 21.4. The lowest BCUT2D eigenvalue weighted by Crippen LogP contribution is -2.33. The van der Waals surface area contributed by atoms with Crippen molar-refractivity contribution >= 4 is 39.2 Å². The molecule has 0 aliphatic carbocycles. The molecule has 0 aliphatic heterocycles. The van der Waals surface area contributed by atoms with E-state index in [2.05, 4.69) is 20.3 Å². The number of hydrogen-bond donors (Lipinski definition) is 1. The third-order valence-corrected chi connectivity index (χ3v) is 6.63. The molecule has 156 valence electrons. The zero-order valence-electron chi connectivity index (χ0n) is 17.1. The van der Waals surface area contributed by atoms with Crippen molar-refractivity contribution in [2.24, 2.45) is 0 Å². The number of rotatable bonds is 6. The van der Waals surface area contributed by atoms with Crippen LogP contribution in [0.2, 0.25) is 0 Å². The maximum absolute atomic E-state index is 12.9. The van der Waals surface area contributed by atoms with Gasteiger partial charge in [0.05, 0.1) is 27.7 Å². The number of nitrogens with zero attached hydrogens (tertiary/aromatic N) is 7. The summed E-state index contributed by atoms with van der Waals surface area (Å²) in [5.41, 5.74) is 2.72. The van der Waals surface area contributed by atoms with Crippen molar-refractivity contribution in [2.45, 2.75) is 37.7 Å². The molecule has 11 heteroatoms. The van der Waals surface area contributed by atoms with Crippen molar-refractivity contribution in [1.29, 1.82) is 0 Å². The van der Waals surface area contributed by atoms with E-state index in [1.807, 2.05) is 51.1 Å². The fourth-order valence-corrected chi connectivity index (χ4v) is 5.01. The fourth-order valence-electron chi connectivity index (χ4n) is 3.11. The summed E-state index contributed by atoms with van der Waals surface area (Å²) in [7, 11) is 1.78. The molecule has 0 spiro atoms. The molecule has 3 heterocycles. The first kappa shape index (κ1) is 20.4. The summed E-state index contributed by atoms with van der Waals surface area (Å²) in [5.74, 6) is 6.56. The van der Waals surface area contributed by atoms with Gasteiger partial charge in [0.25, 0.3) is 5.95 Å². The Hall–Kier alpha value is -2.92. The molecule has 0 saturated heterocycles. The first-order valence-electron chi connectivity index (χ1n) is 9.33. The number of carbonyl (C=O) groups excluding carboxylic acids is 1. The van der Waals surface area contributed by atoms with E-state index in [4.69, 9.17) is 5.84 Å². The van der Waals surface area contributed by atoms with Crippen molar-refractivity contribution < 1.29 is 4.79 Å². The number of aromatic nitrogens is 6. The van der Waals surface area contributed by atoms with Crippen molar-refractivity contribution in [3.05, 3.63) is 46.7 Å². The van der Waals surface area contributed by atoms with Crippen molar-refractivity contribution in [3.8, 4) is 5.95 Å². The van der Waals surface area contributed by atoms with Gasteiger partial charge < -0.3 is 10.7 Å². The number of nitrogens with two attached hydrogens (primary N) is 1. The Labute approximate surface area is 181 Å². The van der Waals surface area contributed by atoms with Crippen molar-refractivity contribution in [2.75, 3.05) is 12.9 Å². The van der Waals surface area contributed by atoms with Gasteiger partial charge in [-0.25, -0.2) is 14.3 Å². The number of hydrogen-bond acceptors (Lipinski definition) is 8. The second-order valence-corrected chi connectivity index (χ2v) is 9.44. The molecule has 4 rings (SSSR count). The molecule has 2 N–H and O–H groups in total. The molecule has 1 aromatic carbocycles. The first-order chi connectivity index (χ1) is 14.3. The maximum Gasteiger partial charge on any atom is 0.271 e. The number of amides is 1. The number of thioether (sulfide) groups is 1. The molecule has 0 bridgehead atoms. The number of thiazole rings is 1. The number of aryl methyl sites for hydroxylation is 2. The molecule has 1 unspecified atom stereocenters. The number of nitrogen functional groups attached to an aromatic ring is 1. The van der Waals surface area contributed by atoms with Gasteiger partial charge in [-0.15, -0.1) is 21.5 Å². The molecule has 0 radical (unpaired) electrons. The average Bonchev–Trinajstić information content (AvgIpc) is 3.37. The fraction of sp³-hybridized carbons (Fsp3) is 0.316. The van der Waals surface area contributed by atoms with Crippen molar-refractivity contribution in [3.63, 3.8) is 0 Å². The Morgan fingerprint density at radius 3 is 2.77 bits per heavy atom. The van der Waals surface area contributed by atoms with Crippen LogP contribution in [0.1, 0.15) is 23.3 Å². The number of fused-ring (bicyclic) bond motifs is 1. The molecular weight excluding hydrogens is 420 g/mol. The van der Waals surface area contributed by atoms with E-state index in [-0.39, 0.29) is 11.2 Å². The van der Waals surface area contributed by atoms with Crippen LogP contribution >= 0.6 is 23.1 Å². The summed E-state index contributed by atoms with van der Waals surface area (Å²) in [6.45, 7) is 6.11. The molecule has 1 amide bonds. The molecule has 0 fully saturated rings. The van der Waals surface area contributed by atoms with Crippen LogP contribution in [-0.2, 0) is 11.3 Å². The number of carbonyl (C=O) groups is 1. The Morgan fingerprint density at radius 2 is 2.07 bits per heavy atom. The lowest BCUT2D eigenvalue weighted by Gasteiger charge is -2.19. The van der Waals surface area contributed by atoms with E-state index < -0.39 is 0 Å². The molecule has 9 nitrogen and oxygen atoms in total. The predicted octanol–water partition coefficient (Wildman–Crippen LogP) is 2.54. The highest BCUT2D eigenvalue weighted by atomic mass is 32.2. The molecule has 4 aromatic rings. The van der Waals surface area contributed by atoms with E-state index in [1.165, 1.54) is 16.4 Å². The third-order valence-electron chi connectivity index (χ3n) is 4.56. The Kier molecular flexibility index (Phi) is 5.48. The van der Waals surface area contributed by atoms with Gasteiger partial charge in [-0.3, -0.25) is 4.79 Å². The summed E-state index contributed by atoms with van der Waals surface area (Å²) in [6, 6.07) is 9.89. The first-order valence-corrected chi connectivity index (χ1v) is 11.0. The highest BCUT2D eigenvalue weighted by Gasteiger charge is 2.24. The normalized spacial score (nSPS) is 12.4. The zero-order valence-corrected chi connectivity index (χ0v) is 18.7. The number of para-hydroxylation sites is 1. The van der Waals surface area contributed by atoms with Gasteiger partial charge in [0, 0.05) is 12.7 Å². The van der Waals surface area contributed by atoms with Crippen molar-refractivity contribution in [1.82, 2.24) is 34.5 Å². The maximum atomic E-state index is 12.9. The average molecular weight is 443 g/mol. The summed E-state index contributed by atoms with van der Waals surface area (Å²) < 4.78 is 4.11. The predicted molar refractivity (Wildman–Crippen MR) is 118 cm³/mol. The van der Waals surface area contributed by atoms with Crippen LogP contribution in [0.3, 0.4) is 0 Å². The third kappa shape index (κ3) is 3.90. The minimum Gasteiger partial charge on any atom is -0.338 e. The van der Waals surface area contributed by atoms with E-state index >= 15 is 0 Å². The second kappa shape index (κ2) is 8.07. The SMILES string of the molecule is Cc1cc(C)n(-c2nnc(SC(C)C(=O)N(C)Cc3nc4ccccc4s3)n2N)n1. The summed E-state index contributed by atoms with van der Waals surface area (Å²) in [4.78, 5) is 19.2. The second-order valence-electron chi connectivity index (χ2n) is 7.02. The summed E-state index contributed by atoms with van der Waals surface area (Å²) in [6.07, 6.45) is 0. The van der Waals surface area contributed by atoms with Crippen LogP contribution in [-0.4, -0.2) is 52.7 Å². The number of benzene rings is 1. The van der Waals surface area contributed by atoms with Crippen LogP contribution in [0.25, 0.3) is 16.2 Å². The minimum atomic E-state index is -0.385. The molecular formula is C19H22N8OS2. The summed E-state index contributed by atoms with van der Waals surface area (Å²) in [5, 5.41) is 13.6. The van der Waals surface area contributed by atoms with Gasteiger partial charge in [0.15, 0.2) is 0 Å². The quantitative estimate of drug-likeness (QED) is 0.361. The minimum absolute atomic E-state index is 0.0325. The Morgan fingerprint density at radius 1 is 1.30 bits per heavy atom. The van der Waals surface area contributed by atoms with Crippen LogP contribution in [0.15, 0.2) is 35.5 Å². The smallest absolute Gasteiger partial charge is 0.271 e. The lowest BCUT2D eigenvalue weighted by molar-refractivity contribution is -0.129. The van der Waals surface area contributed by atoms with Crippen LogP contribution < -0.4 is 5.84 Å². The lowest BCUT2D eigenvalue weighted by atomic mass is 10.3. The molecule has 0 aliphatic rings. The standard InChI is InChI=1S/C19H22N8OS2/c1-11-9-12(2)27(24-11)18-22-23-19(26(18)20)29-13(3)17(28)25(4)10-16-21-14-7-5-6-8-15(14)30-16/h5-9,13H,10,20H2,1-4H3. The largest absolute Gasteiger partial charge is 0.338 e. The molecule has 0 saturated carbocycles. The molecule has 30 heavy (non-hydrogen) atoms. The van der Waals surface area contributed by atoms with Gasteiger partial charge in [-0.1, -0.05) is 23.9 Å². The van der Waals surface area contributed by atoms with Gasteiger partial charge >= 0.3 is 0 Å². The van der Waals surface area contributed by atoms with E-state index in [1.54, 1.807) is 28.0 Å². The molecule has 3 aromatic heterocycles. The Balaban J connectivity index is 1.45. The van der Waals surface area contributed by atoms with E-state index in [0.717, 1.165) is 26.6 Å². The van der Waals surface area contributed by atoms with Crippen LogP contribution in [0.5, 0.6) is 0 Å². The topological polar surface area (TPSA) is 108 Å². The Bertz CT molecular complexity index is 1180. The van der Waals surface area contributed by atoms with Crippen LogP contribution in [0, 0.1) is 13.8 Å². The van der Waals surface area contributed by atoms with Crippen LogP contribution in [0.4, 0.5) is 0 Å². The van der Waals surface area contributed by atoms with Gasteiger partial charge in [0.2, 0.25) is 11.1 Å². The summed E-state index contributed by atoms with van der Waals surface area (Å²) >= 11 is 2.86. The van der Waals surface area contributed by atoms with E-state index in [9.17, 15) is 4.79 Å². The van der Waals surface area contributed by atoms with Gasteiger partial charge in [0.1, 0.15) is 5.01 Å².